The van der Waals surface area contributed by atoms with Gasteiger partial charge in [-0.1, -0.05) is 35.9 Å². The Kier molecular flexibility index (Phi) is 7.61. The number of aromatic amines is 2. The molecule has 0 saturated carbocycles. The third-order valence-electron chi connectivity index (χ3n) is 6.34. The van der Waals surface area contributed by atoms with Crippen molar-refractivity contribution in [2.24, 2.45) is 5.92 Å². The number of ether oxygens (including phenoxy) is 1. The first-order valence-electron chi connectivity index (χ1n) is 11.9. The number of amides is 2. The maximum absolute atomic E-state index is 12.5. The van der Waals surface area contributed by atoms with Crippen molar-refractivity contribution in [2.75, 3.05) is 29.9 Å². The number of imidazole rings is 1. The molecule has 0 unspecified atom stereocenters. The van der Waals surface area contributed by atoms with Gasteiger partial charge in [-0.25, -0.2) is 9.78 Å². The minimum atomic E-state index is -0.615. The van der Waals surface area contributed by atoms with Gasteiger partial charge in [0.05, 0.1) is 21.6 Å². The summed E-state index contributed by atoms with van der Waals surface area (Å²) in [4.78, 5) is 35.1. The Labute approximate surface area is 226 Å². The highest BCUT2D eigenvalue weighted by molar-refractivity contribution is 9.10. The van der Waals surface area contributed by atoms with Crippen LogP contribution in [0.1, 0.15) is 29.6 Å². The number of nitrogens with one attached hydrogen (secondary N) is 4. The van der Waals surface area contributed by atoms with E-state index in [0.717, 1.165) is 49.3 Å². The third kappa shape index (κ3) is 5.89. The Morgan fingerprint density at radius 2 is 1.89 bits per heavy atom. The summed E-state index contributed by atoms with van der Waals surface area (Å²) in [5.74, 6) is 1.27. The zero-order valence-corrected chi connectivity index (χ0v) is 22.1. The zero-order chi connectivity index (χ0) is 25.8. The van der Waals surface area contributed by atoms with Crippen molar-refractivity contribution in [2.45, 2.75) is 19.3 Å². The van der Waals surface area contributed by atoms with Crippen LogP contribution in [0.25, 0.3) is 11.0 Å². The first kappa shape index (κ1) is 25.1. The van der Waals surface area contributed by atoms with Gasteiger partial charge in [-0.2, -0.15) is 0 Å². The molecule has 0 radical (unpaired) electrons. The van der Waals surface area contributed by atoms with E-state index in [1.165, 1.54) is 0 Å². The molecule has 37 heavy (non-hydrogen) atoms. The second kappa shape index (κ2) is 11.2. The number of hydrogen-bond donors (Lipinski definition) is 4. The van der Waals surface area contributed by atoms with Gasteiger partial charge in [0.2, 0.25) is 5.95 Å². The van der Waals surface area contributed by atoms with Crippen molar-refractivity contribution in [3.8, 4) is 5.88 Å². The van der Waals surface area contributed by atoms with Crippen LogP contribution in [0.15, 0.2) is 53.0 Å². The average molecular weight is 587 g/mol. The Bertz CT molecular complexity index is 1380. The standard InChI is InChI=1S/C25H25BrClN7O3/c26-20-21(31-22(35)16-5-1-2-6-17(16)27)32-33-23(20)37-25(36)28-12-9-15-10-13-34(14-11-15)24-29-18-7-3-4-8-19(18)30-24/h1-8,15H,9-14H2,(H,28,36)(H,29,30)(H2,31,32,33,35). The van der Waals surface area contributed by atoms with E-state index in [2.05, 4.69) is 51.6 Å². The van der Waals surface area contributed by atoms with Gasteiger partial charge in [0.15, 0.2) is 0 Å². The van der Waals surface area contributed by atoms with Crippen LogP contribution in [0.4, 0.5) is 16.6 Å². The molecule has 2 amide bonds. The lowest BCUT2D eigenvalue weighted by Crippen LogP contribution is -2.36. The van der Waals surface area contributed by atoms with Crippen LogP contribution in [0, 0.1) is 5.92 Å². The molecule has 192 valence electrons. The second-order valence-electron chi connectivity index (χ2n) is 8.76. The van der Waals surface area contributed by atoms with Crippen LogP contribution in [0.3, 0.4) is 0 Å². The van der Waals surface area contributed by atoms with Gasteiger partial charge in [-0.15, -0.1) is 5.10 Å². The van der Waals surface area contributed by atoms with Gasteiger partial charge in [-0.3, -0.25) is 9.89 Å². The summed E-state index contributed by atoms with van der Waals surface area (Å²) in [7, 11) is 0. The highest BCUT2D eigenvalue weighted by Gasteiger charge is 2.22. The van der Waals surface area contributed by atoms with Gasteiger partial charge >= 0.3 is 6.09 Å². The molecule has 1 aliphatic heterocycles. The lowest BCUT2D eigenvalue weighted by atomic mass is 9.94. The van der Waals surface area contributed by atoms with E-state index >= 15 is 0 Å². The predicted molar refractivity (Wildman–Crippen MR) is 145 cm³/mol. The summed E-state index contributed by atoms with van der Waals surface area (Å²) in [6, 6.07) is 14.7. The molecule has 1 saturated heterocycles. The Morgan fingerprint density at radius 3 is 2.68 bits per heavy atom. The van der Waals surface area contributed by atoms with E-state index in [-0.39, 0.29) is 11.7 Å². The smallest absolute Gasteiger partial charge is 0.388 e. The molecule has 1 aliphatic rings. The van der Waals surface area contributed by atoms with Gasteiger partial charge in [0, 0.05) is 19.6 Å². The van der Waals surface area contributed by atoms with Crippen molar-refractivity contribution in [1.29, 1.82) is 0 Å². The lowest BCUT2D eigenvalue weighted by Gasteiger charge is -2.31. The average Bonchev–Trinajstić information content (AvgIpc) is 3.48. The molecule has 0 spiro atoms. The predicted octanol–water partition coefficient (Wildman–Crippen LogP) is 5.35. The first-order chi connectivity index (χ1) is 18.0. The number of piperidine rings is 1. The molecule has 3 heterocycles. The minimum absolute atomic E-state index is 0.0195. The number of fused-ring (bicyclic) bond motifs is 1. The van der Waals surface area contributed by atoms with Gasteiger partial charge in [0.25, 0.3) is 11.8 Å². The van der Waals surface area contributed by atoms with E-state index in [1.807, 2.05) is 24.3 Å². The van der Waals surface area contributed by atoms with Crippen LogP contribution in [0.2, 0.25) is 5.02 Å². The fraction of sp³-hybridized carbons (Fsp3) is 0.280. The second-order valence-corrected chi connectivity index (χ2v) is 9.96. The molecule has 4 N–H and O–H groups in total. The number of anilines is 2. The van der Waals surface area contributed by atoms with Crippen LogP contribution < -0.4 is 20.3 Å². The fourth-order valence-electron chi connectivity index (χ4n) is 4.31. The van der Waals surface area contributed by atoms with E-state index in [9.17, 15) is 9.59 Å². The number of hydrogen-bond acceptors (Lipinski definition) is 6. The van der Waals surface area contributed by atoms with E-state index in [1.54, 1.807) is 24.3 Å². The maximum atomic E-state index is 12.5. The summed E-state index contributed by atoms with van der Waals surface area (Å²) in [6.07, 6.45) is 2.28. The van der Waals surface area contributed by atoms with Crippen molar-refractivity contribution in [3.63, 3.8) is 0 Å². The highest BCUT2D eigenvalue weighted by Crippen LogP contribution is 2.31. The summed E-state index contributed by atoms with van der Waals surface area (Å²) in [5.41, 5.74) is 2.33. The monoisotopic (exact) mass is 585 g/mol. The molecule has 4 aromatic rings. The maximum Gasteiger partial charge on any atom is 0.414 e. The minimum Gasteiger partial charge on any atom is -0.388 e. The van der Waals surface area contributed by atoms with E-state index in [0.29, 0.717) is 27.5 Å². The zero-order valence-electron chi connectivity index (χ0n) is 19.8. The number of halogens is 2. The number of rotatable bonds is 7. The molecule has 0 atom stereocenters. The van der Waals surface area contributed by atoms with Crippen molar-refractivity contribution < 1.29 is 14.3 Å². The number of carbonyl (C=O) groups is 2. The molecule has 0 bridgehead atoms. The Morgan fingerprint density at radius 1 is 1.14 bits per heavy atom. The number of benzene rings is 2. The number of carbonyl (C=O) groups excluding carboxylic acids is 2. The fourth-order valence-corrected chi connectivity index (χ4v) is 4.89. The highest BCUT2D eigenvalue weighted by atomic mass is 79.9. The van der Waals surface area contributed by atoms with Crippen LogP contribution in [0.5, 0.6) is 5.88 Å². The molecular formula is C25H25BrClN7O3. The van der Waals surface area contributed by atoms with Crippen LogP contribution in [-0.4, -0.2) is 51.8 Å². The molecule has 12 heteroatoms. The van der Waals surface area contributed by atoms with Crippen molar-refractivity contribution in [1.82, 2.24) is 25.5 Å². The summed E-state index contributed by atoms with van der Waals surface area (Å²) in [5, 5.41) is 12.4. The molecular weight excluding hydrogens is 562 g/mol. The summed E-state index contributed by atoms with van der Waals surface area (Å²) < 4.78 is 5.61. The van der Waals surface area contributed by atoms with E-state index in [4.69, 9.17) is 16.3 Å². The quantitative estimate of drug-likeness (QED) is 0.231. The third-order valence-corrected chi connectivity index (χ3v) is 7.40. The van der Waals surface area contributed by atoms with E-state index < -0.39 is 12.0 Å². The molecule has 2 aromatic carbocycles. The van der Waals surface area contributed by atoms with Crippen molar-refractivity contribution >= 4 is 62.3 Å². The van der Waals surface area contributed by atoms with Gasteiger partial charge in [0.1, 0.15) is 10.3 Å². The van der Waals surface area contributed by atoms with Gasteiger partial charge in [-0.05, 0) is 65.4 Å². The Balaban J connectivity index is 1.05. The SMILES string of the molecule is O=C(NCCC1CCN(c2nc3ccccc3[nH]2)CC1)Oc1n[nH]c(NC(=O)c2ccccc2Cl)c1Br. The molecule has 0 aliphatic carbocycles. The summed E-state index contributed by atoms with van der Waals surface area (Å²) in [6.45, 7) is 2.32. The normalized spacial score (nSPS) is 14.1. The van der Waals surface area contributed by atoms with Crippen LogP contribution >= 0.6 is 27.5 Å². The molecule has 1 fully saturated rings. The topological polar surface area (TPSA) is 128 Å². The summed E-state index contributed by atoms with van der Waals surface area (Å²) >= 11 is 9.38. The Hall–Kier alpha value is -3.57. The largest absolute Gasteiger partial charge is 0.414 e. The first-order valence-corrected chi connectivity index (χ1v) is 13.1. The van der Waals surface area contributed by atoms with Crippen molar-refractivity contribution in [3.05, 3.63) is 63.6 Å². The lowest BCUT2D eigenvalue weighted by molar-refractivity contribution is 0.102. The number of nitrogens with zero attached hydrogens (tertiary/aromatic N) is 3. The van der Waals surface area contributed by atoms with Gasteiger partial charge < -0.3 is 25.3 Å². The molecule has 10 nitrogen and oxygen atoms in total. The number of aromatic nitrogens is 4. The number of H-pyrrole nitrogens is 2. The van der Waals surface area contributed by atoms with Crippen LogP contribution in [-0.2, 0) is 0 Å². The molecule has 5 rings (SSSR count). The number of para-hydroxylation sites is 2. The molecule has 2 aromatic heterocycles.